The smallest absolute Gasteiger partial charge is 0.269 e. The van der Waals surface area contributed by atoms with E-state index in [0.717, 1.165) is 37.0 Å². The Morgan fingerprint density at radius 1 is 1.26 bits per heavy atom. The summed E-state index contributed by atoms with van der Waals surface area (Å²) in [5, 5.41) is 6.07. The maximum atomic E-state index is 12.6. The second-order valence-corrected chi connectivity index (χ2v) is 8.26. The summed E-state index contributed by atoms with van der Waals surface area (Å²) in [4.78, 5) is 26.8. The van der Waals surface area contributed by atoms with E-state index < -0.39 is 15.9 Å². The Morgan fingerprint density at radius 2 is 2.00 bits per heavy atom. The molecule has 0 saturated carbocycles. The third kappa shape index (κ3) is 4.13. The summed E-state index contributed by atoms with van der Waals surface area (Å²) in [7, 11) is -2.52. The van der Waals surface area contributed by atoms with Gasteiger partial charge in [-0.05, 0) is 18.2 Å². The van der Waals surface area contributed by atoms with E-state index in [0.29, 0.717) is 6.54 Å². The van der Waals surface area contributed by atoms with Gasteiger partial charge in [0.1, 0.15) is 4.90 Å². The van der Waals surface area contributed by atoms with Crippen LogP contribution in [0.15, 0.2) is 23.1 Å². The quantitative estimate of drug-likeness (QED) is 0.616. The number of hydrogen-bond donors (Lipinski definition) is 2. The number of carbonyl (C=O) groups is 2. The van der Waals surface area contributed by atoms with Crippen LogP contribution in [0.4, 0.5) is 0 Å². The van der Waals surface area contributed by atoms with Crippen LogP contribution in [0.3, 0.4) is 0 Å². The lowest BCUT2D eigenvalue weighted by Crippen LogP contribution is -2.46. The standard InChI is InChI=1S/C17H24N4O5S/c1-26-11-10-21-17(23)14-3-2-13(12-15(14)27(21,24)25)16(22)19-6-9-20-7-4-18-5-8-20/h2-3,12,18H,4-11H2,1H3,(H,19,22). The van der Waals surface area contributed by atoms with Crippen molar-refractivity contribution >= 4 is 21.8 Å². The Labute approximate surface area is 158 Å². The molecule has 1 aromatic rings. The number of rotatable bonds is 7. The molecule has 2 N–H and O–H groups in total. The van der Waals surface area contributed by atoms with Crippen LogP contribution in [0.25, 0.3) is 0 Å². The van der Waals surface area contributed by atoms with Crippen molar-refractivity contribution < 1.29 is 22.7 Å². The number of carbonyl (C=O) groups excluding carboxylic acids is 2. The predicted octanol–water partition coefficient (Wildman–Crippen LogP) is -0.887. The second-order valence-electron chi connectivity index (χ2n) is 6.43. The number of piperazine rings is 1. The number of methoxy groups -OCH3 is 1. The van der Waals surface area contributed by atoms with Gasteiger partial charge in [0.25, 0.3) is 21.8 Å². The lowest BCUT2D eigenvalue weighted by Gasteiger charge is -2.27. The van der Waals surface area contributed by atoms with Crippen molar-refractivity contribution in [2.45, 2.75) is 4.90 Å². The van der Waals surface area contributed by atoms with E-state index in [1.54, 1.807) is 0 Å². The minimum absolute atomic E-state index is 0.0570. The second kappa shape index (κ2) is 8.34. The van der Waals surface area contributed by atoms with Crippen molar-refractivity contribution in [1.29, 1.82) is 0 Å². The molecular weight excluding hydrogens is 372 g/mol. The molecule has 2 aliphatic heterocycles. The van der Waals surface area contributed by atoms with Crippen molar-refractivity contribution in [3.63, 3.8) is 0 Å². The van der Waals surface area contributed by atoms with E-state index >= 15 is 0 Å². The average molecular weight is 396 g/mol. The number of fused-ring (bicyclic) bond motifs is 1. The molecule has 0 aromatic heterocycles. The van der Waals surface area contributed by atoms with E-state index in [1.165, 1.54) is 25.3 Å². The highest BCUT2D eigenvalue weighted by Gasteiger charge is 2.41. The maximum absolute atomic E-state index is 12.6. The van der Waals surface area contributed by atoms with Crippen molar-refractivity contribution in [2.24, 2.45) is 0 Å². The SMILES string of the molecule is COCCN1C(=O)c2ccc(C(=O)NCCN3CCNCC3)cc2S1(=O)=O. The lowest BCUT2D eigenvalue weighted by molar-refractivity contribution is 0.0835. The summed E-state index contributed by atoms with van der Waals surface area (Å²) >= 11 is 0. The number of nitrogens with zero attached hydrogens (tertiary/aromatic N) is 2. The van der Waals surface area contributed by atoms with Gasteiger partial charge < -0.3 is 15.4 Å². The molecule has 2 aliphatic rings. The molecule has 2 heterocycles. The highest BCUT2D eigenvalue weighted by Crippen LogP contribution is 2.30. The number of sulfonamides is 1. The normalized spacial score (nSPS) is 19.1. The molecule has 0 spiro atoms. The minimum atomic E-state index is -3.95. The molecule has 0 aliphatic carbocycles. The first-order valence-electron chi connectivity index (χ1n) is 8.86. The molecule has 0 unspecified atom stereocenters. The number of amides is 2. The summed E-state index contributed by atoms with van der Waals surface area (Å²) < 4.78 is 30.9. The Morgan fingerprint density at radius 3 is 2.70 bits per heavy atom. The van der Waals surface area contributed by atoms with E-state index in [9.17, 15) is 18.0 Å². The fourth-order valence-corrected chi connectivity index (χ4v) is 4.75. The van der Waals surface area contributed by atoms with E-state index in [-0.39, 0.29) is 35.1 Å². The van der Waals surface area contributed by atoms with Crippen LogP contribution in [0.1, 0.15) is 20.7 Å². The van der Waals surface area contributed by atoms with Crippen LogP contribution >= 0.6 is 0 Å². The third-order valence-corrected chi connectivity index (χ3v) is 6.51. The fourth-order valence-electron chi connectivity index (χ4n) is 3.18. The molecule has 2 amide bonds. The molecule has 0 radical (unpaired) electrons. The Kier molecular flexibility index (Phi) is 6.10. The molecule has 27 heavy (non-hydrogen) atoms. The molecule has 0 bridgehead atoms. The summed E-state index contributed by atoms with van der Waals surface area (Å²) in [5.74, 6) is -0.946. The molecule has 1 saturated heterocycles. The molecule has 9 nitrogen and oxygen atoms in total. The van der Waals surface area contributed by atoms with Gasteiger partial charge in [-0.2, -0.15) is 0 Å². The number of nitrogens with one attached hydrogen (secondary N) is 2. The number of ether oxygens (including phenoxy) is 1. The molecule has 148 valence electrons. The van der Waals surface area contributed by atoms with Gasteiger partial charge in [0.15, 0.2) is 0 Å². The van der Waals surface area contributed by atoms with Gasteiger partial charge in [-0.1, -0.05) is 0 Å². The van der Waals surface area contributed by atoms with Gasteiger partial charge in [0.2, 0.25) is 0 Å². The zero-order valence-electron chi connectivity index (χ0n) is 15.2. The first-order valence-corrected chi connectivity index (χ1v) is 10.3. The summed E-state index contributed by atoms with van der Waals surface area (Å²) in [6, 6.07) is 4.15. The maximum Gasteiger partial charge on any atom is 0.269 e. The van der Waals surface area contributed by atoms with Crippen molar-refractivity contribution in [3.05, 3.63) is 29.3 Å². The minimum Gasteiger partial charge on any atom is -0.383 e. The van der Waals surface area contributed by atoms with Crippen LogP contribution < -0.4 is 10.6 Å². The van der Waals surface area contributed by atoms with Crippen LogP contribution in [0.2, 0.25) is 0 Å². The van der Waals surface area contributed by atoms with Crippen molar-refractivity contribution in [2.75, 3.05) is 59.5 Å². The molecule has 0 atom stereocenters. The van der Waals surface area contributed by atoms with Crippen molar-refractivity contribution in [1.82, 2.24) is 19.8 Å². The first-order chi connectivity index (χ1) is 12.9. The van der Waals surface area contributed by atoms with E-state index in [2.05, 4.69) is 15.5 Å². The van der Waals surface area contributed by atoms with Crippen LogP contribution in [0, 0.1) is 0 Å². The zero-order chi connectivity index (χ0) is 19.4. The largest absolute Gasteiger partial charge is 0.383 e. The number of hydrogen-bond acceptors (Lipinski definition) is 7. The summed E-state index contributed by atoms with van der Waals surface area (Å²) in [5.41, 5.74) is 0.308. The van der Waals surface area contributed by atoms with Crippen LogP contribution in [-0.2, 0) is 14.8 Å². The molecular formula is C17H24N4O5S. The third-order valence-electron chi connectivity index (χ3n) is 4.69. The summed E-state index contributed by atoms with van der Waals surface area (Å²) in [6.45, 7) is 5.01. The van der Waals surface area contributed by atoms with Gasteiger partial charge in [-0.15, -0.1) is 0 Å². The predicted molar refractivity (Wildman–Crippen MR) is 98.2 cm³/mol. The average Bonchev–Trinajstić information content (AvgIpc) is 2.86. The Hall–Kier alpha value is -2.01. The topological polar surface area (TPSA) is 108 Å². The van der Waals surface area contributed by atoms with Gasteiger partial charge in [-0.25, -0.2) is 12.7 Å². The number of benzene rings is 1. The van der Waals surface area contributed by atoms with Crippen molar-refractivity contribution in [3.8, 4) is 0 Å². The van der Waals surface area contributed by atoms with Gasteiger partial charge in [0, 0.05) is 51.9 Å². The fraction of sp³-hybridized carbons (Fsp3) is 0.529. The molecule has 3 rings (SSSR count). The van der Waals surface area contributed by atoms with Gasteiger partial charge in [0.05, 0.1) is 18.7 Å². The highest BCUT2D eigenvalue weighted by atomic mass is 32.2. The zero-order valence-corrected chi connectivity index (χ0v) is 16.0. The molecule has 1 aromatic carbocycles. The molecule has 1 fully saturated rings. The highest BCUT2D eigenvalue weighted by molar-refractivity contribution is 7.90. The Bertz CT molecular complexity index is 821. The van der Waals surface area contributed by atoms with E-state index in [1.807, 2.05) is 0 Å². The lowest BCUT2D eigenvalue weighted by atomic mass is 10.1. The Balaban J connectivity index is 1.67. The van der Waals surface area contributed by atoms with E-state index in [4.69, 9.17) is 4.74 Å². The van der Waals surface area contributed by atoms with Crippen LogP contribution in [0.5, 0.6) is 0 Å². The monoisotopic (exact) mass is 396 g/mol. The first kappa shape index (κ1) is 19.7. The van der Waals surface area contributed by atoms with Gasteiger partial charge >= 0.3 is 0 Å². The van der Waals surface area contributed by atoms with Gasteiger partial charge in [-0.3, -0.25) is 14.5 Å². The van der Waals surface area contributed by atoms with Crippen LogP contribution in [-0.4, -0.2) is 89.0 Å². The molecule has 10 heteroatoms. The summed E-state index contributed by atoms with van der Waals surface area (Å²) in [6.07, 6.45) is 0.